The molecular formula is C20H23N3O3. The Morgan fingerprint density at radius 2 is 1.46 bits per heavy atom. The normalized spacial score (nSPS) is 10.3. The first-order valence-electron chi connectivity index (χ1n) is 8.51. The summed E-state index contributed by atoms with van der Waals surface area (Å²) in [6.45, 7) is 5.40. The molecule has 0 aliphatic heterocycles. The maximum absolute atomic E-state index is 12.4. The summed E-state index contributed by atoms with van der Waals surface area (Å²) in [5, 5.41) is 8.32. The Hall–Kier alpha value is -3.15. The molecule has 0 unspecified atom stereocenters. The fraction of sp³-hybridized carbons (Fsp3) is 0.250. The summed E-state index contributed by atoms with van der Waals surface area (Å²) in [5.41, 5.74) is 2.32. The van der Waals surface area contributed by atoms with E-state index in [1.165, 1.54) is 0 Å². The Balaban J connectivity index is 2.02. The number of benzene rings is 2. The molecule has 0 aliphatic rings. The molecule has 0 atom stereocenters. The van der Waals surface area contributed by atoms with Crippen LogP contribution in [0.3, 0.4) is 0 Å². The largest absolute Gasteiger partial charge is 0.326 e. The van der Waals surface area contributed by atoms with Crippen LogP contribution in [0.2, 0.25) is 0 Å². The first-order chi connectivity index (χ1) is 12.4. The number of rotatable bonds is 6. The minimum atomic E-state index is -0.272. The SMILES string of the molecule is CCC(=O)Nc1cccc(NC(=O)c2ccc(NC(=O)C(C)C)cc2)c1. The number of hydrogen-bond acceptors (Lipinski definition) is 3. The van der Waals surface area contributed by atoms with E-state index >= 15 is 0 Å². The van der Waals surface area contributed by atoms with Gasteiger partial charge in [-0.1, -0.05) is 26.8 Å². The van der Waals surface area contributed by atoms with Gasteiger partial charge in [0.1, 0.15) is 0 Å². The molecule has 6 nitrogen and oxygen atoms in total. The molecule has 0 aliphatic carbocycles. The van der Waals surface area contributed by atoms with E-state index in [0.717, 1.165) is 0 Å². The van der Waals surface area contributed by atoms with Crippen LogP contribution in [0, 0.1) is 5.92 Å². The van der Waals surface area contributed by atoms with E-state index in [-0.39, 0.29) is 23.6 Å². The molecule has 136 valence electrons. The Bertz CT molecular complexity index is 798. The number of anilines is 3. The lowest BCUT2D eigenvalue weighted by Crippen LogP contribution is -2.18. The molecule has 0 radical (unpaired) electrons. The molecule has 0 heterocycles. The second-order valence-electron chi connectivity index (χ2n) is 6.16. The quantitative estimate of drug-likeness (QED) is 0.736. The van der Waals surface area contributed by atoms with Crippen molar-refractivity contribution in [3.05, 3.63) is 54.1 Å². The Morgan fingerprint density at radius 3 is 2.04 bits per heavy atom. The van der Waals surface area contributed by atoms with Crippen LogP contribution in [0.1, 0.15) is 37.6 Å². The van der Waals surface area contributed by atoms with Crippen LogP contribution < -0.4 is 16.0 Å². The predicted molar refractivity (Wildman–Crippen MR) is 103 cm³/mol. The fourth-order valence-corrected chi connectivity index (χ4v) is 2.12. The van der Waals surface area contributed by atoms with Gasteiger partial charge in [-0.25, -0.2) is 0 Å². The highest BCUT2D eigenvalue weighted by Gasteiger charge is 2.09. The van der Waals surface area contributed by atoms with Gasteiger partial charge in [-0.05, 0) is 42.5 Å². The summed E-state index contributed by atoms with van der Waals surface area (Å²) >= 11 is 0. The number of carbonyl (C=O) groups excluding carboxylic acids is 3. The first kappa shape index (κ1) is 19.2. The van der Waals surface area contributed by atoms with E-state index in [2.05, 4.69) is 16.0 Å². The average molecular weight is 353 g/mol. The lowest BCUT2D eigenvalue weighted by molar-refractivity contribution is -0.119. The molecule has 0 spiro atoms. The van der Waals surface area contributed by atoms with Gasteiger partial charge in [0.05, 0.1) is 0 Å². The highest BCUT2D eigenvalue weighted by Crippen LogP contribution is 2.17. The molecule has 0 bridgehead atoms. The number of hydrogen-bond donors (Lipinski definition) is 3. The Kier molecular flexibility index (Phi) is 6.49. The zero-order valence-corrected chi connectivity index (χ0v) is 15.1. The van der Waals surface area contributed by atoms with Crippen molar-refractivity contribution in [3.63, 3.8) is 0 Å². The van der Waals surface area contributed by atoms with Crippen molar-refractivity contribution in [2.24, 2.45) is 5.92 Å². The van der Waals surface area contributed by atoms with Crippen molar-refractivity contribution in [1.82, 2.24) is 0 Å². The van der Waals surface area contributed by atoms with E-state index < -0.39 is 0 Å². The summed E-state index contributed by atoms with van der Waals surface area (Å²) in [7, 11) is 0. The molecule has 2 aromatic rings. The van der Waals surface area contributed by atoms with E-state index in [1.54, 1.807) is 55.5 Å². The van der Waals surface area contributed by atoms with Crippen molar-refractivity contribution >= 4 is 34.8 Å². The lowest BCUT2D eigenvalue weighted by Gasteiger charge is -2.10. The molecule has 3 N–H and O–H groups in total. The summed E-state index contributed by atoms with van der Waals surface area (Å²) < 4.78 is 0. The van der Waals surface area contributed by atoms with E-state index in [4.69, 9.17) is 0 Å². The van der Waals surface area contributed by atoms with Gasteiger partial charge >= 0.3 is 0 Å². The second-order valence-corrected chi connectivity index (χ2v) is 6.16. The molecule has 0 aromatic heterocycles. The van der Waals surface area contributed by atoms with Crippen LogP contribution in [-0.4, -0.2) is 17.7 Å². The maximum atomic E-state index is 12.4. The third kappa shape index (κ3) is 5.44. The van der Waals surface area contributed by atoms with Gasteiger partial charge in [0.15, 0.2) is 0 Å². The van der Waals surface area contributed by atoms with E-state index in [9.17, 15) is 14.4 Å². The van der Waals surface area contributed by atoms with Crippen LogP contribution in [0.15, 0.2) is 48.5 Å². The highest BCUT2D eigenvalue weighted by atomic mass is 16.2. The fourth-order valence-electron chi connectivity index (χ4n) is 2.12. The summed E-state index contributed by atoms with van der Waals surface area (Å²) in [4.78, 5) is 35.5. The molecule has 0 saturated carbocycles. The van der Waals surface area contributed by atoms with Crippen LogP contribution in [-0.2, 0) is 9.59 Å². The summed E-state index contributed by atoms with van der Waals surface area (Å²) in [6.07, 6.45) is 0.385. The monoisotopic (exact) mass is 353 g/mol. The Labute approximate surface area is 153 Å². The molecule has 0 fully saturated rings. The van der Waals surface area contributed by atoms with Crippen molar-refractivity contribution in [2.75, 3.05) is 16.0 Å². The van der Waals surface area contributed by atoms with Gasteiger partial charge in [0.2, 0.25) is 11.8 Å². The molecule has 6 heteroatoms. The van der Waals surface area contributed by atoms with Crippen molar-refractivity contribution in [1.29, 1.82) is 0 Å². The van der Waals surface area contributed by atoms with Crippen LogP contribution in [0.4, 0.5) is 17.1 Å². The van der Waals surface area contributed by atoms with Crippen LogP contribution >= 0.6 is 0 Å². The topological polar surface area (TPSA) is 87.3 Å². The van der Waals surface area contributed by atoms with E-state index in [1.807, 2.05) is 13.8 Å². The van der Waals surface area contributed by atoms with Gasteiger partial charge < -0.3 is 16.0 Å². The first-order valence-corrected chi connectivity index (χ1v) is 8.51. The average Bonchev–Trinajstić information content (AvgIpc) is 2.62. The Morgan fingerprint density at radius 1 is 0.846 bits per heavy atom. The molecular weight excluding hydrogens is 330 g/mol. The second kappa shape index (κ2) is 8.80. The molecule has 26 heavy (non-hydrogen) atoms. The van der Waals surface area contributed by atoms with E-state index in [0.29, 0.717) is 29.0 Å². The zero-order chi connectivity index (χ0) is 19.1. The smallest absolute Gasteiger partial charge is 0.255 e. The third-order valence-electron chi connectivity index (χ3n) is 3.66. The third-order valence-corrected chi connectivity index (χ3v) is 3.66. The summed E-state index contributed by atoms with van der Waals surface area (Å²) in [5.74, 6) is -0.551. The minimum absolute atomic E-state index is 0.0758. The van der Waals surface area contributed by atoms with Crippen LogP contribution in [0.5, 0.6) is 0 Å². The van der Waals surface area contributed by atoms with Crippen molar-refractivity contribution in [2.45, 2.75) is 27.2 Å². The van der Waals surface area contributed by atoms with Gasteiger partial charge in [0.25, 0.3) is 5.91 Å². The highest BCUT2D eigenvalue weighted by molar-refractivity contribution is 6.05. The molecule has 3 amide bonds. The van der Waals surface area contributed by atoms with Gasteiger partial charge in [-0.2, -0.15) is 0 Å². The number of amides is 3. The lowest BCUT2D eigenvalue weighted by atomic mass is 10.1. The number of carbonyl (C=O) groups is 3. The maximum Gasteiger partial charge on any atom is 0.255 e. The molecule has 0 saturated heterocycles. The predicted octanol–water partition coefficient (Wildman–Crippen LogP) is 3.88. The van der Waals surface area contributed by atoms with Crippen molar-refractivity contribution < 1.29 is 14.4 Å². The van der Waals surface area contributed by atoms with Crippen LogP contribution in [0.25, 0.3) is 0 Å². The zero-order valence-electron chi connectivity index (χ0n) is 15.1. The van der Waals surface area contributed by atoms with Gasteiger partial charge in [-0.15, -0.1) is 0 Å². The minimum Gasteiger partial charge on any atom is -0.326 e. The summed E-state index contributed by atoms with van der Waals surface area (Å²) in [6, 6.07) is 13.6. The number of nitrogens with one attached hydrogen (secondary N) is 3. The molecule has 2 rings (SSSR count). The molecule has 2 aromatic carbocycles. The standard InChI is InChI=1S/C20H23N3O3/c1-4-18(24)21-16-6-5-7-17(12-16)23-20(26)14-8-10-15(11-9-14)22-19(25)13(2)3/h5-13H,4H2,1-3H3,(H,21,24)(H,22,25)(H,23,26). The van der Waals surface area contributed by atoms with Crippen molar-refractivity contribution in [3.8, 4) is 0 Å². The van der Waals surface area contributed by atoms with Gasteiger partial charge in [0, 0.05) is 35.0 Å². The van der Waals surface area contributed by atoms with Gasteiger partial charge in [-0.3, -0.25) is 14.4 Å².